The second kappa shape index (κ2) is 5.97. The van der Waals surface area contributed by atoms with Crippen molar-refractivity contribution in [2.45, 2.75) is 6.04 Å². The third kappa shape index (κ3) is 4.35. The molecule has 9 heavy (non-hydrogen) atoms. The quantitative estimate of drug-likeness (QED) is 0.332. The molecule has 0 aromatic rings. The first-order chi connectivity index (χ1) is 4.35. The Balaban J connectivity index is 3.18. The van der Waals surface area contributed by atoms with Crippen LogP contribution in [0.3, 0.4) is 0 Å². The first kappa shape index (κ1) is 8.84. The van der Waals surface area contributed by atoms with E-state index in [1.54, 1.807) is 7.05 Å². The van der Waals surface area contributed by atoms with E-state index in [1.807, 2.05) is 0 Å². The molecule has 0 fully saturated rings. The molecule has 0 bridgehead atoms. The van der Waals surface area contributed by atoms with Gasteiger partial charge in [0, 0.05) is 12.6 Å². The molecule has 0 aliphatic rings. The van der Waals surface area contributed by atoms with Gasteiger partial charge < -0.3 is 15.5 Å². The largest absolute Gasteiger partial charge is 0.395 e. The van der Waals surface area contributed by atoms with E-state index in [-0.39, 0.29) is 19.4 Å². The predicted molar refractivity (Wildman–Crippen MR) is 35.0 cm³/mol. The van der Waals surface area contributed by atoms with Crippen LogP contribution >= 0.6 is 0 Å². The van der Waals surface area contributed by atoms with E-state index in [1.165, 1.54) is 0 Å². The maximum absolute atomic E-state index is 8.57. The van der Waals surface area contributed by atoms with Gasteiger partial charge in [0.05, 0.1) is 13.3 Å². The van der Waals surface area contributed by atoms with Gasteiger partial charge in [-0.2, -0.15) is 0 Å². The molecule has 0 aliphatic carbocycles. The molecule has 0 amide bonds. The molecule has 1 atom stereocenters. The summed E-state index contributed by atoms with van der Waals surface area (Å²) >= 11 is 0. The van der Waals surface area contributed by atoms with Crippen molar-refractivity contribution in [2.75, 3.05) is 26.9 Å². The van der Waals surface area contributed by atoms with Crippen molar-refractivity contribution in [1.82, 2.24) is 10.6 Å². The van der Waals surface area contributed by atoms with E-state index >= 15 is 0 Å². The van der Waals surface area contributed by atoms with Gasteiger partial charge in [-0.3, -0.25) is 5.32 Å². The standard InChI is InChI=1S/C5H14N2O2/c1-6-2-5(3-8)7-4-9/h5-9H,2-4H2,1H3/t5-/m0/s1. The predicted octanol–water partition coefficient (Wildman–Crippen LogP) is -1.89. The Labute approximate surface area is 54.9 Å². The fourth-order valence-electron chi connectivity index (χ4n) is 0.577. The fraction of sp³-hybridized carbons (Fsp3) is 1.00. The molecular formula is C5H14N2O2. The number of hydrogen-bond acceptors (Lipinski definition) is 4. The average molecular weight is 134 g/mol. The van der Waals surface area contributed by atoms with E-state index in [0.29, 0.717) is 6.54 Å². The van der Waals surface area contributed by atoms with Crippen molar-refractivity contribution in [1.29, 1.82) is 0 Å². The summed E-state index contributed by atoms with van der Waals surface area (Å²) in [6.07, 6.45) is 0. The highest BCUT2D eigenvalue weighted by atomic mass is 16.3. The van der Waals surface area contributed by atoms with Crippen LogP contribution in [-0.2, 0) is 0 Å². The molecule has 56 valence electrons. The Bertz CT molecular complexity index is 54.9. The lowest BCUT2D eigenvalue weighted by molar-refractivity contribution is 0.188. The van der Waals surface area contributed by atoms with E-state index in [9.17, 15) is 0 Å². The van der Waals surface area contributed by atoms with Crippen LogP contribution in [-0.4, -0.2) is 43.2 Å². The van der Waals surface area contributed by atoms with Gasteiger partial charge in [0.25, 0.3) is 0 Å². The topological polar surface area (TPSA) is 64.5 Å². The van der Waals surface area contributed by atoms with Gasteiger partial charge in [0.2, 0.25) is 0 Å². The highest BCUT2D eigenvalue weighted by molar-refractivity contribution is 4.63. The summed E-state index contributed by atoms with van der Waals surface area (Å²) < 4.78 is 0. The van der Waals surface area contributed by atoms with E-state index in [4.69, 9.17) is 10.2 Å². The third-order valence-electron chi connectivity index (χ3n) is 1.05. The zero-order valence-corrected chi connectivity index (χ0v) is 5.59. The van der Waals surface area contributed by atoms with Crippen molar-refractivity contribution in [3.63, 3.8) is 0 Å². The first-order valence-electron chi connectivity index (χ1n) is 2.94. The minimum atomic E-state index is -0.0904. The molecule has 0 rings (SSSR count). The highest BCUT2D eigenvalue weighted by Gasteiger charge is 2.01. The van der Waals surface area contributed by atoms with Crippen molar-refractivity contribution in [3.05, 3.63) is 0 Å². The van der Waals surface area contributed by atoms with Crippen molar-refractivity contribution >= 4 is 0 Å². The minimum Gasteiger partial charge on any atom is -0.395 e. The van der Waals surface area contributed by atoms with Gasteiger partial charge in [0.15, 0.2) is 0 Å². The number of likely N-dealkylation sites (N-methyl/N-ethyl adjacent to an activating group) is 1. The van der Waals surface area contributed by atoms with Gasteiger partial charge in [-0.25, -0.2) is 0 Å². The van der Waals surface area contributed by atoms with Crippen molar-refractivity contribution < 1.29 is 10.2 Å². The molecule has 0 saturated heterocycles. The molecule has 0 unspecified atom stereocenters. The molecule has 0 aliphatic heterocycles. The van der Waals surface area contributed by atoms with E-state index < -0.39 is 0 Å². The van der Waals surface area contributed by atoms with Gasteiger partial charge in [-0.1, -0.05) is 0 Å². The SMILES string of the molecule is CNC[C@@H](CO)NCO. The summed E-state index contributed by atoms with van der Waals surface area (Å²) in [5.74, 6) is 0. The monoisotopic (exact) mass is 134 g/mol. The summed E-state index contributed by atoms with van der Waals surface area (Å²) in [4.78, 5) is 0. The number of aliphatic hydroxyl groups excluding tert-OH is 2. The molecule has 0 aromatic heterocycles. The maximum Gasteiger partial charge on any atom is 0.0934 e. The van der Waals surface area contributed by atoms with Gasteiger partial charge in [0.1, 0.15) is 0 Å². The van der Waals surface area contributed by atoms with Crippen molar-refractivity contribution in [2.24, 2.45) is 0 Å². The Morgan fingerprint density at radius 1 is 1.44 bits per heavy atom. The molecule has 4 N–H and O–H groups in total. The Morgan fingerprint density at radius 3 is 2.44 bits per heavy atom. The second-order valence-electron chi connectivity index (χ2n) is 1.80. The lowest BCUT2D eigenvalue weighted by atomic mass is 10.3. The lowest BCUT2D eigenvalue weighted by Crippen LogP contribution is -2.40. The molecular weight excluding hydrogens is 120 g/mol. The molecule has 0 radical (unpaired) electrons. The highest BCUT2D eigenvalue weighted by Crippen LogP contribution is 1.75. The number of hydrogen-bond donors (Lipinski definition) is 4. The summed E-state index contributed by atoms with van der Waals surface area (Å²) in [6.45, 7) is 0.616. The second-order valence-corrected chi connectivity index (χ2v) is 1.80. The molecule has 0 saturated carbocycles. The lowest BCUT2D eigenvalue weighted by Gasteiger charge is -2.12. The van der Waals surface area contributed by atoms with Gasteiger partial charge in [-0.15, -0.1) is 0 Å². The van der Waals surface area contributed by atoms with Crippen LogP contribution < -0.4 is 10.6 Å². The minimum absolute atomic E-state index is 0.0417. The van der Waals surface area contributed by atoms with Crippen LogP contribution in [0.1, 0.15) is 0 Å². The third-order valence-corrected chi connectivity index (χ3v) is 1.05. The van der Waals surface area contributed by atoms with Crippen molar-refractivity contribution in [3.8, 4) is 0 Å². The zero-order valence-electron chi connectivity index (χ0n) is 5.59. The molecule has 0 heterocycles. The summed E-state index contributed by atoms with van der Waals surface area (Å²) in [7, 11) is 1.79. The number of nitrogens with one attached hydrogen (secondary N) is 2. The van der Waals surface area contributed by atoms with Gasteiger partial charge >= 0.3 is 0 Å². The molecule has 4 nitrogen and oxygen atoms in total. The summed E-state index contributed by atoms with van der Waals surface area (Å²) in [5.41, 5.74) is 0. The van der Waals surface area contributed by atoms with Crippen LogP contribution in [0.5, 0.6) is 0 Å². The van der Waals surface area contributed by atoms with Crippen LogP contribution in [0.4, 0.5) is 0 Å². The average Bonchev–Trinajstić information content (AvgIpc) is 1.88. The Morgan fingerprint density at radius 2 is 2.11 bits per heavy atom. The van der Waals surface area contributed by atoms with Crippen LogP contribution in [0, 0.1) is 0 Å². The van der Waals surface area contributed by atoms with Crippen LogP contribution in [0.25, 0.3) is 0 Å². The van der Waals surface area contributed by atoms with E-state index in [2.05, 4.69) is 10.6 Å². The normalized spacial score (nSPS) is 13.7. The zero-order chi connectivity index (χ0) is 7.11. The Hall–Kier alpha value is -0.160. The van der Waals surface area contributed by atoms with Crippen LogP contribution in [0.2, 0.25) is 0 Å². The molecule has 4 heteroatoms. The smallest absolute Gasteiger partial charge is 0.0934 e. The van der Waals surface area contributed by atoms with E-state index in [0.717, 1.165) is 0 Å². The molecule has 0 spiro atoms. The fourth-order valence-corrected chi connectivity index (χ4v) is 0.577. The van der Waals surface area contributed by atoms with Gasteiger partial charge in [-0.05, 0) is 7.05 Å². The molecule has 0 aromatic carbocycles. The Kier molecular flexibility index (Phi) is 5.86. The first-order valence-corrected chi connectivity index (χ1v) is 2.94. The van der Waals surface area contributed by atoms with Crippen LogP contribution in [0.15, 0.2) is 0 Å². The summed E-state index contributed by atoms with van der Waals surface area (Å²) in [6, 6.07) is -0.0417. The number of rotatable bonds is 5. The number of aliphatic hydroxyl groups is 2. The maximum atomic E-state index is 8.57. The summed E-state index contributed by atoms with van der Waals surface area (Å²) in [5, 5.41) is 22.5.